The first-order chi connectivity index (χ1) is 9.80. The molecule has 0 radical (unpaired) electrons. The maximum atomic E-state index is 11.8. The molecule has 1 N–H and O–H groups in total. The van der Waals surface area contributed by atoms with Crippen molar-refractivity contribution in [2.75, 3.05) is 19.6 Å². The average molecular weight is 290 g/mol. The summed E-state index contributed by atoms with van der Waals surface area (Å²) >= 11 is 0. The zero-order valence-corrected chi connectivity index (χ0v) is 13.5. The molecule has 0 bridgehead atoms. The number of benzene rings is 1. The van der Waals surface area contributed by atoms with Gasteiger partial charge in [0, 0.05) is 32.0 Å². The number of carbonyl (C=O) groups excluding carboxylic acids is 2. The van der Waals surface area contributed by atoms with Gasteiger partial charge in [-0.25, -0.2) is 0 Å². The molecule has 0 aliphatic rings. The van der Waals surface area contributed by atoms with E-state index in [4.69, 9.17) is 0 Å². The summed E-state index contributed by atoms with van der Waals surface area (Å²) < 4.78 is 0. The van der Waals surface area contributed by atoms with E-state index < -0.39 is 5.41 Å². The number of nitrogens with zero attached hydrogens (tertiary/aromatic N) is 1. The second-order valence-electron chi connectivity index (χ2n) is 6.25. The normalized spacial score (nSPS) is 11.0. The largest absolute Gasteiger partial charge is 0.354 e. The molecule has 0 aliphatic heterocycles. The van der Waals surface area contributed by atoms with Crippen molar-refractivity contribution in [1.82, 2.24) is 10.2 Å². The Hall–Kier alpha value is -1.84. The van der Waals surface area contributed by atoms with Crippen molar-refractivity contribution in [3.05, 3.63) is 35.9 Å². The first-order valence-electron chi connectivity index (χ1n) is 7.38. The molecule has 2 amide bonds. The van der Waals surface area contributed by atoms with E-state index in [0.29, 0.717) is 19.6 Å². The van der Waals surface area contributed by atoms with E-state index in [0.717, 1.165) is 6.42 Å². The zero-order chi connectivity index (χ0) is 15.9. The molecular weight excluding hydrogens is 264 g/mol. The molecule has 1 aromatic carbocycles. The standard InChI is InChI=1S/C17H26N2O2/c1-14(20)19(12-10-15-8-6-5-7-9-15)13-11-18-16(21)17(2,3)4/h5-9H,10-13H2,1-4H3,(H,18,21). The van der Waals surface area contributed by atoms with Crippen LogP contribution >= 0.6 is 0 Å². The van der Waals surface area contributed by atoms with Crippen LogP contribution in [0.15, 0.2) is 30.3 Å². The number of amides is 2. The molecule has 4 heteroatoms. The Bertz CT molecular complexity index is 463. The molecule has 116 valence electrons. The Balaban J connectivity index is 2.41. The van der Waals surface area contributed by atoms with Gasteiger partial charge in [0.2, 0.25) is 11.8 Å². The van der Waals surface area contributed by atoms with E-state index in [-0.39, 0.29) is 11.8 Å². The lowest BCUT2D eigenvalue weighted by atomic mass is 9.96. The minimum Gasteiger partial charge on any atom is -0.354 e. The summed E-state index contributed by atoms with van der Waals surface area (Å²) in [5.41, 5.74) is 0.813. The third-order valence-electron chi connectivity index (χ3n) is 3.31. The fourth-order valence-electron chi connectivity index (χ4n) is 1.90. The zero-order valence-electron chi connectivity index (χ0n) is 13.5. The second-order valence-corrected chi connectivity index (χ2v) is 6.25. The predicted molar refractivity (Wildman–Crippen MR) is 84.9 cm³/mol. The van der Waals surface area contributed by atoms with E-state index in [9.17, 15) is 9.59 Å². The van der Waals surface area contributed by atoms with Crippen molar-refractivity contribution in [3.8, 4) is 0 Å². The van der Waals surface area contributed by atoms with Gasteiger partial charge in [-0.05, 0) is 12.0 Å². The van der Waals surface area contributed by atoms with E-state index in [2.05, 4.69) is 17.4 Å². The van der Waals surface area contributed by atoms with Crippen LogP contribution in [0.25, 0.3) is 0 Å². The Morgan fingerprint density at radius 3 is 2.24 bits per heavy atom. The summed E-state index contributed by atoms with van der Waals surface area (Å²) in [6.07, 6.45) is 0.827. The van der Waals surface area contributed by atoms with Crippen molar-refractivity contribution in [1.29, 1.82) is 0 Å². The quantitative estimate of drug-likeness (QED) is 0.873. The van der Waals surface area contributed by atoms with Crippen LogP contribution in [0.4, 0.5) is 0 Å². The lowest BCUT2D eigenvalue weighted by molar-refractivity contribution is -0.131. The Kier molecular flexibility index (Phi) is 6.40. The van der Waals surface area contributed by atoms with Gasteiger partial charge in [-0.15, -0.1) is 0 Å². The van der Waals surface area contributed by atoms with Gasteiger partial charge < -0.3 is 10.2 Å². The molecule has 0 heterocycles. The molecular formula is C17H26N2O2. The number of carbonyl (C=O) groups is 2. The molecule has 0 atom stereocenters. The predicted octanol–water partition coefficient (Wildman–Crippen LogP) is 2.24. The molecule has 0 aromatic heterocycles. The molecule has 0 aliphatic carbocycles. The summed E-state index contributed by atoms with van der Waals surface area (Å²) in [5.74, 6) is 0.0463. The van der Waals surface area contributed by atoms with E-state index in [1.807, 2.05) is 39.0 Å². The molecule has 0 saturated heterocycles. The number of rotatable bonds is 6. The van der Waals surface area contributed by atoms with E-state index in [1.54, 1.807) is 11.8 Å². The smallest absolute Gasteiger partial charge is 0.225 e. The van der Waals surface area contributed by atoms with E-state index in [1.165, 1.54) is 5.56 Å². The first kappa shape index (κ1) is 17.2. The molecule has 0 fully saturated rings. The SMILES string of the molecule is CC(=O)N(CCNC(=O)C(C)(C)C)CCc1ccccc1. The summed E-state index contributed by atoms with van der Waals surface area (Å²) in [5, 5.41) is 2.87. The summed E-state index contributed by atoms with van der Waals surface area (Å²) in [4.78, 5) is 25.2. The van der Waals surface area contributed by atoms with Crippen LogP contribution in [0.1, 0.15) is 33.3 Å². The highest BCUT2D eigenvalue weighted by atomic mass is 16.2. The van der Waals surface area contributed by atoms with Crippen molar-refractivity contribution >= 4 is 11.8 Å². The number of nitrogens with one attached hydrogen (secondary N) is 1. The number of hydrogen-bond donors (Lipinski definition) is 1. The molecule has 1 aromatic rings. The Morgan fingerprint density at radius 1 is 1.10 bits per heavy atom. The lowest BCUT2D eigenvalue weighted by Crippen LogP contribution is -2.41. The molecule has 0 unspecified atom stereocenters. The topological polar surface area (TPSA) is 49.4 Å². The van der Waals surface area contributed by atoms with Gasteiger partial charge in [0.25, 0.3) is 0 Å². The van der Waals surface area contributed by atoms with Gasteiger partial charge in [0.1, 0.15) is 0 Å². The van der Waals surface area contributed by atoms with Crippen LogP contribution in [-0.4, -0.2) is 36.3 Å². The van der Waals surface area contributed by atoms with Crippen LogP contribution in [0, 0.1) is 5.41 Å². The molecule has 0 spiro atoms. The summed E-state index contributed by atoms with van der Waals surface area (Å²) in [7, 11) is 0. The minimum absolute atomic E-state index is 0.00839. The van der Waals surface area contributed by atoms with Crippen LogP contribution in [0.5, 0.6) is 0 Å². The van der Waals surface area contributed by atoms with Crippen molar-refractivity contribution in [3.63, 3.8) is 0 Å². The van der Waals surface area contributed by atoms with E-state index >= 15 is 0 Å². The highest BCUT2D eigenvalue weighted by molar-refractivity contribution is 5.81. The van der Waals surface area contributed by atoms with Crippen LogP contribution < -0.4 is 5.32 Å². The van der Waals surface area contributed by atoms with Gasteiger partial charge in [-0.2, -0.15) is 0 Å². The minimum atomic E-state index is -0.398. The molecule has 1 rings (SSSR count). The highest BCUT2D eigenvalue weighted by Crippen LogP contribution is 2.12. The van der Waals surface area contributed by atoms with Crippen molar-refractivity contribution in [2.45, 2.75) is 34.1 Å². The summed E-state index contributed by atoms with van der Waals surface area (Å²) in [6, 6.07) is 10.1. The first-order valence-corrected chi connectivity index (χ1v) is 7.38. The van der Waals surface area contributed by atoms with Gasteiger partial charge in [-0.3, -0.25) is 9.59 Å². The lowest BCUT2D eigenvalue weighted by Gasteiger charge is -2.23. The second kappa shape index (κ2) is 7.81. The van der Waals surface area contributed by atoms with Gasteiger partial charge in [0.05, 0.1) is 0 Å². The Labute approximate surface area is 127 Å². The Morgan fingerprint density at radius 2 is 1.71 bits per heavy atom. The maximum Gasteiger partial charge on any atom is 0.225 e. The van der Waals surface area contributed by atoms with Gasteiger partial charge in [0.15, 0.2) is 0 Å². The fourth-order valence-corrected chi connectivity index (χ4v) is 1.90. The van der Waals surface area contributed by atoms with Gasteiger partial charge in [-0.1, -0.05) is 51.1 Å². The van der Waals surface area contributed by atoms with Crippen LogP contribution in [-0.2, 0) is 16.0 Å². The third-order valence-corrected chi connectivity index (χ3v) is 3.31. The summed E-state index contributed by atoms with van der Waals surface area (Å²) in [6.45, 7) is 8.90. The fraction of sp³-hybridized carbons (Fsp3) is 0.529. The van der Waals surface area contributed by atoms with Crippen LogP contribution in [0.2, 0.25) is 0 Å². The highest BCUT2D eigenvalue weighted by Gasteiger charge is 2.20. The third kappa shape index (κ3) is 6.43. The molecule has 4 nitrogen and oxygen atoms in total. The van der Waals surface area contributed by atoms with Crippen molar-refractivity contribution in [2.24, 2.45) is 5.41 Å². The monoisotopic (exact) mass is 290 g/mol. The van der Waals surface area contributed by atoms with Crippen molar-refractivity contribution < 1.29 is 9.59 Å². The molecule has 0 saturated carbocycles. The van der Waals surface area contributed by atoms with Gasteiger partial charge >= 0.3 is 0 Å². The molecule has 21 heavy (non-hydrogen) atoms. The van der Waals surface area contributed by atoms with Crippen LogP contribution in [0.3, 0.4) is 0 Å². The average Bonchev–Trinajstić information content (AvgIpc) is 2.42. The maximum absolute atomic E-state index is 11.8. The number of hydrogen-bond acceptors (Lipinski definition) is 2.